The number of aromatic hydroxyl groups is 1. The van der Waals surface area contributed by atoms with Crippen molar-refractivity contribution in [2.24, 2.45) is 11.7 Å². The van der Waals surface area contributed by atoms with Crippen LogP contribution >= 0.6 is 0 Å². The molecule has 0 saturated carbocycles. The third-order valence-corrected chi connectivity index (χ3v) is 5.88. The molecule has 0 aliphatic carbocycles. The van der Waals surface area contributed by atoms with E-state index in [1.807, 2.05) is 13.8 Å². The van der Waals surface area contributed by atoms with E-state index in [1.165, 1.54) is 12.1 Å². The highest BCUT2D eigenvalue weighted by Gasteiger charge is 2.39. The highest BCUT2D eigenvalue weighted by molar-refractivity contribution is 5.95. The van der Waals surface area contributed by atoms with Gasteiger partial charge in [-0.25, -0.2) is 4.79 Å². The zero-order valence-electron chi connectivity index (χ0n) is 20.3. The number of likely N-dealkylation sites (tertiary alicyclic amines) is 1. The van der Waals surface area contributed by atoms with Gasteiger partial charge < -0.3 is 36.6 Å². The van der Waals surface area contributed by atoms with E-state index < -0.39 is 60.2 Å². The van der Waals surface area contributed by atoms with Gasteiger partial charge in [-0.05, 0) is 49.3 Å². The third kappa shape index (κ3) is 8.22. The molecule has 0 bridgehead atoms. The minimum absolute atomic E-state index is 0.0435. The van der Waals surface area contributed by atoms with Crippen LogP contribution in [-0.4, -0.2) is 80.6 Å². The molecule has 7 N–H and O–H groups in total. The number of carboxylic acids is 2. The van der Waals surface area contributed by atoms with Crippen molar-refractivity contribution < 1.29 is 39.3 Å². The summed E-state index contributed by atoms with van der Waals surface area (Å²) in [6.07, 6.45) is 0.282. The van der Waals surface area contributed by atoms with Crippen molar-refractivity contribution in [2.45, 2.75) is 70.1 Å². The maximum absolute atomic E-state index is 13.1. The smallest absolute Gasteiger partial charge is 0.326 e. The minimum atomic E-state index is -1.49. The van der Waals surface area contributed by atoms with Crippen LogP contribution in [0, 0.1) is 5.92 Å². The van der Waals surface area contributed by atoms with Crippen LogP contribution in [0.5, 0.6) is 5.75 Å². The maximum Gasteiger partial charge on any atom is 0.326 e. The lowest BCUT2D eigenvalue weighted by molar-refractivity contribution is -0.150. The van der Waals surface area contributed by atoms with Gasteiger partial charge in [-0.1, -0.05) is 26.0 Å². The van der Waals surface area contributed by atoms with E-state index in [0.29, 0.717) is 12.0 Å². The number of benzene rings is 1. The minimum Gasteiger partial charge on any atom is -0.508 e. The molecule has 2 rings (SSSR count). The lowest BCUT2D eigenvalue weighted by Gasteiger charge is -2.28. The number of hydrogen-bond donors (Lipinski definition) is 6. The number of rotatable bonds is 12. The number of phenols is 1. The number of carbonyl (C=O) groups excluding carboxylic acids is 3. The quantitative estimate of drug-likeness (QED) is 0.223. The zero-order valence-corrected chi connectivity index (χ0v) is 20.3. The van der Waals surface area contributed by atoms with E-state index in [4.69, 9.17) is 5.73 Å². The lowest BCUT2D eigenvalue weighted by atomic mass is 10.0. The second-order valence-electron chi connectivity index (χ2n) is 9.35. The van der Waals surface area contributed by atoms with Gasteiger partial charge in [0.2, 0.25) is 17.7 Å². The molecule has 198 valence electrons. The van der Waals surface area contributed by atoms with Crippen molar-refractivity contribution in [3.63, 3.8) is 0 Å². The molecule has 12 heteroatoms. The van der Waals surface area contributed by atoms with Gasteiger partial charge in [-0.3, -0.25) is 19.2 Å². The van der Waals surface area contributed by atoms with Crippen molar-refractivity contribution in [1.29, 1.82) is 0 Å². The summed E-state index contributed by atoms with van der Waals surface area (Å²) in [5, 5.41) is 33.0. The van der Waals surface area contributed by atoms with Gasteiger partial charge in [0.25, 0.3) is 0 Å². The summed E-state index contributed by atoms with van der Waals surface area (Å²) in [7, 11) is 0. The Labute approximate surface area is 208 Å². The summed E-state index contributed by atoms with van der Waals surface area (Å²) in [6, 6.07) is 1.47. The molecule has 36 heavy (non-hydrogen) atoms. The molecular weight excluding hydrogens is 472 g/mol. The number of nitrogens with two attached hydrogens (primary N) is 1. The summed E-state index contributed by atoms with van der Waals surface area (Å²) in [5.41, 5.74) is 6.71. The predicted octanol–water partition coefficient (Wildman–Crippen LogP) is -0.172. The van der Waals surface area contributed by atoms with E-state index in [9.17, 15) is 39.3 Å². The number of nitrogens with zero attached hydrogens (tertiary/aromatic N) is 1. The fraction of sp³-hybridized carbons (Fsp3) is 0.542. The van der Waals surface area contributed by atoms with Crippen LogP contribution in [0.2, 0.25) is 0 Å². The molecule has 1 saturated heterocycles. The van der Waals surface area contributed by atoms with Crippen LogP contribution in [-0.2, 0) is 30.4 Å². The highest BCUT2D eigenvalue weighted by Crippen LogP contribution is 2.19. The van der Waals surface area contributed by atoms with Crippen LogP contribution in [0.3, 0.4) is 0 Å². The molecular formula is C24H34N4O8. The lowest BCUT2D eigenvalue weighted by Crippen LogP contribution is -2.57. The normalized spacial score (nSPS) is 17.8. The van der Waals surface area contributed by atoms with Gasteiger partial charge in [0.05, 0.1) is 12.5 Å². The molecule has 1 heterocycles. The number of nitrogens with one attached hydrogen (secondary N) is 2. The standard InChI is InChI=1S/C24H34N4O8/c1-13(2)10-17(26-21(32)16(25)11-14-5-7-15(29)8-6-14)22(33)27-18(12-20(30)31)23(34)28-9-3-4-19(28)24(35)36/h5-8,13,16-19,29H,3-4,9-12,25H2,1-2H3,(H,26,32)(H,27,33)(H,30,31)(H,35,36). The Morgan fingerprint density at radius 1 is 1.03 bits per heavy atom. The predicted molar refractivity (Wildman–Crippen MR) is 128 cm³/mol. The van der Waals surface area contributed by atoms with Crippen LogP contribution in [0.1, 0.15) is 45.1 Å². The third-order valence-electron chi connectivity index (χ3n) is 5.88. The zero-order chi connectivity index (χ0) is 27.0. The van der Waals surface area contributed by atoms with Crippen molar-refractivity contribution >= 4 is 29.7 Å². The van der Waals surface area contributed by atoms with E-state index >= 15 is 0 Å². The van der Waals surface area contributed by atoms with Gasteiger partial charge in [0, 0.05) is 6.54 Å². The summed E-state index contributed by atoms with van der Waals surface area (Å²) in [6.45, 7) is 3.79. The van der Waals surface area contributed by atoms with Crippen molar-refractivity contribution in [3.05, 3.63) is 29.8 Å². The Hall–Kier alpha value is -3.67. The Morgan fingerprint density at radius 2 is 1.64 bits per heavy atom. The van der Waals surface area contributed by atoms with Gasteiger partial charge in [-0.2, -0.15) is 0 Å². The molecule has 4 unspecified atom stereocenters. The van der Waals surface area contributed by atoms with Gasteiger partial charge in [0.1, 0.15) is 23.9 Å². The molecule has 0 aromatic heterocycles. The van der Waals surface area contributed by atoms with Crippen LogP contribution < -0.4 is 16.4 Å². The first kappa shape index (κ1) is 28.6. The molecule has 1 aliphatic heterocycles. The summed E-state index contributed by atoms with van der Waals surface area (Å²) in [4.78, 5) is 62.8. The topological polar surface area (TPSA) is 199 Å². The van der Waals surface area contributed by atoms with Crippen LogP contribution in [0.4, 0.5) is 0 Å². The molecule has 12 nitrogen and oxygen atoms in total. The first-order valence-corrected chi connectivity index (χ1v) is 11.8. The van der Waals surface area contributed by atoms with Crippen molar-refractivity contribution in [1.82, 2.24) is 15.5 Å². The molecule has 3 amide bonds. The number of phenolic OH excluding ortho intramolecular Hbond substituents is 1. The number of amides is 3. The second-order valence-corrected chi connectivity index (χ2v) is 9.35. The fourth-order valence-corrected chi connectivity index (χ4v) is 4.09. The Kier molecular flexibility index (Phi) is 10.2. The van der Waals surface area contributed by atoms with Gasteiger partial charge >= 0.3 is 11.9 Å². The van der Waals surface area contributed by atoms with Crippen LogP contribution in [0.15, 0.2) is 24.3 Å². The molecule has 1 aromatic carbocycles. The van der Waals surface area contributed by atoms with Crippen molar-refractivity contribution in [2.75, 3.05) is 6.54 Å². The molecule has 1 aromatic rings. The van der Waals surface area contributed by atoms with E-state index in [2.05, 4.69) is 10.6 Å². The Bertz CT molecular complexity index is 965. The van der Waals surface area contributed by atoms with Crippen molar-refractivity contribution in [3.8, 4) is 5.75 Å². The van der Waals surface area contributed by atoms with E-state index in [0.717, 1.165) is 4.90 Å². The molecule has 1 aliphatic rings. The summed E-state index contributed by atoms with van der Waals surface area (Å²) >= 11 is 0. The van der Waals surface area contributed by atoms with E-state index in [-0.39, 0.29) is 37.5 Å². The fourth-order valence-electron chi connectivity index (χ4n) is 4.09. The average molecular weight is 507 g/mol. The number of aliphatic carboxylic acids is 2. The summed E-state index contributed by atoms with van der Waals surface area (Å²) in [5.74, 6) is -4.70. The Balaban J connectivity index is 2.13. The average Bonchev–Trinajstić information content (AvgIpc) is 3.28. The second kappa shape index (κ2) is 12.9. The number of carboxylic acid groups (broad SMARTS) is 2. The first-order valence-electron chi connectivity index (χ1n) is 11.8. The maximum atomic E-state index is 13.1. The number of carbonyl (C=O) groups is 5. The highest BCUT2D eigenvalue weighted by atomic mass is 16.4. The molecule has 0 spiro atoms. The van der Waals surface area contributed by atoms with Crippen LogP contribution in [0.25, 0.3) is 0 Å². The first-order chi connectivity index (χ1) is 16.9. The molecule has 0 radical (unpaired) electrons. The van der Waals surface area contributed by atoms with Gasteiger partial charge in [-0.15, -0.1) is 0 Å². The largest absolute Gasteiger partial charge is 0.508 e. The monoisotopic (exact) mass is 506 g/mol. The molecule has 4 atom stereocenters. The Morgan fingerprint density at radius 3 is 2.19 bits per heavy atom. The van der Waals surface area contributed by atoms with Gasteiger partial charge in [0.15, 0.2) is 0 Å². The molecule has 1 fully saturated rings. The SMILES string of the molecule is CC(C)CC(NC(=O)C(N)Cc1ccc(O)cc1)C(=O)NC(CC(=O)O)C(=O)N1CCCC1C(=O)O. The number of hydrogen-bond acceptors (Lipinski definition) is 7. The van der Waals surface area contributed by atoms with E-state index in [1.54, 1.807) is 12.1 Å². The summed E-state index contributed by atoms with van der Waals surface area (Å²) < 4.78 is 0.